The first-order valence-electron chi connectivity index (χ1n) is 7.41. The Morgan fingerprint density at radius 3 is 2.55 bits per heavy atom. The van der Waals surface area contributed by atoms with Gasteiger partial charge in [-0.3, -0.25) is 4.79 Å². The second-order valence-electron chi connectivity index (χ2n) is 5.20. The smallest absolute Gasteiger partial charge is 0.220 e. The number of carbonyl (C=O) groups excluding carboxylic acids is 1. The summed E-state index contributed by atoms with van der Waals surface area (Å²) >= 11 is 0. The van der Waals surface area contributed by atoms with Crippen LogP contribution in [0.2, 0.25) is 0 Å². The van der Waals surface area contributed by atoms with Crippen molar-refractivity contribution in [3.05, 3.63) is 59.7 Å². The number of hydrogen-bond donors (Lipinski definition) is 2. The van der Waals surface area contributed by atoms with Gasteiger partial charge in [-0.25, -0.2) is 0 Å². The van der Waals surface area contributed by atoms with Crippen molar-refractivity contribution in [2.24, 2.45) is 0 Å². The molecule has 2 rings (SSSR count). The van der Waals surface area contributed by atoms with Crippen LogP contribution in [-0.2, 0) is 17.6 Å². The minimum absolute atomic E-state index is 0.0605. The zero-order chi connectivity index (χ0) is 15.8. The number of nitrogens with one attached hydrogen (secondary N) is 1. The predicted octanol–water partition coefficient (Wildman–Crippen LogP) is 2.57. The largest absolute Gasteiger partial charge is 0.497 e. The summed E-state index contributed by atoms with van der Waals surface area (Å²) < 4.78 is 5.18. The van der Waals surface area contributed by atoms with Crippen molar-refractivity contribution in [2.75, 3.05) is 19.4 Å². The van der Waals surface area contributed by atoms with E-state index in [9.17, 15) is 4.79 Å². The molecule has 0 radical (unpaired) electrons. The van der Waals surface area contributed by atoms with E-state index in [0.717, 1.165) is 29.0 Å². The number of anilines is 1. The van der Waals surface area contributed by atoms with E-state index in [-0.39, 0.29) is 5.91 Å². The van der Waals surface area contributed by atoms with Crippen LogP contribution in [-0.4, -0.2) is 19.6 Å². The number of benzene rings is 2. The summed E-state index contributed by atoms with van der Waals surface area (Å²) in [6.07, 6.45) is 1.97. The van der Waals surface area contributed by atoms with Gasteiger partial charge in [0.2, 0.25) is 5.91 Å². The molecule has 0 aliphatic carbocycles. The molecule has 0 bridgehead atoms. The minimum atomic E-state index is 0.0605. The Balaban J connectivity index is 1.71. The van der Waals surface area contributed by atoms with Gasteiger partial charge in [-0.15, -0.1) is 0 Å². The molecule has 0 fully saturated rings. The quantitative estimate of drug-likeness (QED) is 0.772. The monoisotopic (exact) mass is 298 g/mol. The molecular weight excluding hydrogens is 276 g/mol. The van der Waals surface area contributed by atoms with E-state index < -0.39 is 0 Å². The van der Waals surface area contributed by atoms with Gasteiger partial charge in [-0.05, 0) is 48.2 Å². The fourth-order valence-electron chi connectivity index (χ4n) is 2.27. The van der Waals surface area contributed by atoms with Crippen molar-refractivity contribution in [3.63, 3.8) is 0 Å². The van der Waals surface area contributed by atoms with Gasteiger partial charge in [0.25, 0.3) is 0 Å². The highest BCUT2D eigenvalue weighted by Gasteiger charge is 2.03. The molecule has 0 aliphatic rings. The number of methoxy groups -OCH3 is 1. The Hall–Kier alpha value is -2.49. The average Bonchev–Trinajstić information content (AvgIpc) is 2.53. The van der Waals surface area contributed by atoms with E-state index in [1.165, 1.54) is 0 Å². The molecule has 0 unspecified atom stereocenters. The topological polar surface area (TPSA) is 64.3 Å². The number of nitrogens with two attached hydrogens (primary N) is 1. The maximum atomic E-state index is 11.8. The Morgan fingerprint density at radius 1 is 1.09 bits per heavy atom. The lowest BCUT2D eigenvalue weighted by Crippen LogP contribution is -2.25. The summed E-state index contributed by atoms with van der Waals surface area (Å²) in [6, 6.07) is 15.5. The summed E-state index contributed by atoms with van der Waals surface area (Å²) in [6.45, 7) is 0.628. The molecule has 0 atom stereocenters. The Labute approximate surface area is 131 Å². The van der Waals surface area contributed by atoms with E-state index in [0.29, 0.717) is 19.4 Å². The van der Waals surface area contributed by atoms with Crippen LogP contribution >= 0.6 is 0 Å². The van der Waals surface area contributed by atoms with Gasteiger partial charge in [0, 0.05) is 18.7 Å². The molecule has 4 nitrogen and oxygen atoms in total. The number of rotatable bonds is 7. The Morgan fingerprint density at radius 2 is 1.82 bits per heavy atom. The molecule has 0 heterocycles. The van der Waals surface area contributed by atoms with Gasteiger partial charge in [0.15, 0.2) is 0 Å². The lowest BCUT2D eigenvalue weighted by atomic mass is 10.1. The van der Waals surface area contributed by atoms with E-state index in [2.05, 4.69) is 5.32 Å². The highest BCUT2D eigenvalue weighted by Crippen LogP contribution is 2.12. The third-order valence-corrected chi connectivity index (χ3v) is 3.46. The van der Waals surface area contributed by atoms with Crippen LogP contribution in [0, 0.1) is 0 Å². The van der Waals surface area contributed by atoms with Crippen LogP contribution in [0.3, 0.4) is 0 Å². The summed E-state index contributed by atoms with van der Waals surface area (Å²) in [7, 11) is 1.65. The molecule has 22 heavy (non-hydrogen) atoms. The molecule has 0 aliphatic heterocycles. The first-order valence-corrected chi connectivity index (χ1v) is 7.41. The SMILES string of the molecule is COc1cccc(CCNC(=O)CCc2cccc(N)c2)c1. The zero-order valence-corrected chi connectivity index (χ0v) is 12.8. The van der Waals surface area contributed by atoms with Crippen LogP contribution in [0.15, 0.2) is 48.5 Å². The molecule has 1 amide bonds. The van der Waals surface area contributed by atoms with Crippen molar-refractivity contribution in [3.8, 4) is 5.75 Å². The second kappa shape index (κ2) is 8.08. The Kier molecular flexibility index (Phi) is 5.83. The van der Waals surface area contributed by atoms with Crippen molar-refractivity contribution in [1.82, 2.24) is 5.32 Å². The first kappa shape index (κ1) is 15.9. The summed E-state index contributed by atoms with van der Waals surface area (Å²) in [4.78, 5) is 11.8. The maximum absolute atomic E-state index is 11.8. The van der Waals surface area contributed by atoms with Crippen LogP contribution in [0.4, 0.5) is 5.69 Å². The van der Waals surface area contributed by atoms with Gasteiger partial charge in [-0.2, -0.15) is 0 Å². The normalized spacial score (nSPS) is 10.2. The van der Waals surface area contributed by atoms with Crippen LogP contribution in [0.25, 0.3) is 0 Å². The molecule has 0 aromatic heterocycles. The molecule has 116 valence electrons. The molecular formula is C18H22N2O2. The highest BCUT2D eigenvalue weighted by atomic mass is 16.5. The number of nitrogen functional groups attached to an aromatic ring is 1. The summed E-state index contributed by atoms with van der Waals surface area (Å²) in [5, 5.41) is 2.94. The molecule has 0 spiro atoms. The van der Waals surface area contributed by atoms with E-state index >= 15 is 0 Å². The number of hydrogen-bond acceptors (Lipinski definition) is 3. The van der Waals surface area contributed by atoms with E-state index in [4.69, 9.17) is 10.5 Å². The maximum Gasteiger partial charge on any atom is 0.220 e. The summed E-state index contributed by atoms with van der Waals surface area (Å²) in [5.74, 6) is 0.899. The standard InChI is InChI=1S/C18H22N2O2/c1-22-17-7-3-5-15(13-17)10-11-20-18(21)9-8-14-4-2-6-16(19)12-14/h2-7,12-13H,8-11,19H2,1H3,(H,20,21). The molecule has 0 saturated heterocycles. The number of aryl methyl sites for hydroxylation is 1. The molecule has 2 aromatic rings. The van der Waals surface area contributed by atoms with Gasteiger partial charge in [0.05, 0.1) is 7.11 Å². The van der Waals surface area contributed by atoms with Gasteiger partial charge >= 0.3 is 0 Å². The second-order valence-corrected chi connectivity index (χ2v) is 5.20. The van der Waals surface area contributed by atoms with Crippen molar-refractivity contribution in [2.45, 2.75) is 19.3 Å². The molecule has 4 heteroatoms. The third kappa shape index (κ3) is 5.13. The number of amides is 1. The van der Waals surface area contributed by atoms with Crippen LogP contribution in [0.5, 0.6) is 5.75 Å². The highest BCUT2D eigenvalue weighted by molar-refractivity contribution is 5.76. The lowest BCUT2D eigenvalue weighted by Gasteiger charge is -2.07. The van der Waals surface area contributed by atoms with Crippen molar-refractivity contribution >= 4 is 11.6 Å². The zero-order valence-electron chi connectivity index (χ0n) is 12.8. The summed E-state index contributed by atoms with van der Waals surface area (Å²) in [5.41, 5.74) is 8.69. The van der Waals surface area contributed by atoms with E-state index in [1.807, 2.05) is 48.5 Å². The first-order chi connectivity index (χ1) is 10.7. The van der Waals surface area contributed by atoms with Gasteiger partial charge in [0.1, 0.15) is 5.75 Å². The predicted molar refractivity (Wildman–Crippen MR) is 88.9 cm³/mol. The fraction of sp³-hybridized carbons (Fsp3) is 0.278. The number of ether oxygens (including phenoxy) is 1. The Bertz CT molecular complexity index is 626. The fourth-order valence-corrected chi connectivity index (χ4v) is 2.27. The number of carbonyl (C=O) groups is 1. The minimum Gasteiger partial charge on any atom is -0.497 e. The van der Waals surface area contributed by atoms with E-state index in [1.54, 1.807) is 7.11 Å². The lowest BCUT2D eigenvalue weighted by molar-refractivity contribution is -0.121. The molecule has 2 aromatic carbocycles. The van der Waals surface area contributed by atoms with Crippen LogP contribution in [0.1, 0.15) is 17.5 Å². The third-order valence-electron chi connectivity index (χ3n) is 3.46. The van der Waals surface area contributed by atoms with Crippen LogP contribution < -0.4 is 15.8 Å². The van der Waals surface area contributed by atoms with Crippen molar-refractivity contribution < 1.29 is 9.53 Å². The average molecular weight is 298 g/mol. The van der Waals surface area contributed by atoms with Gasteiger partial charge < -0.3 is 15.8 Å². The molecule has 0 saturated carbocycles. The molecule has 3 N–H and O–H groups in total. The van der Waals surface area contributed by atoms with Gasteiger partial charge in [-0.1, -0.05) is 24.3 Å². The van der Waals surface area contributed by atoms with Crippen molar-refractivity contribution in [1.29, 1.82) is 0 Å².